The van der Waals surface area contributed by atoms with Crippen LogP contribution in [0, 0.1) is 12.8 Å². The molecule has 1 saturated heterocycles. The molecule has 1 atom stereocenters. The monoisotopic (exact) mass is 341 g/mol. The number of benzene rings is 1. The number of hydrogen-bond donors (Lipinski definition) is 1. The molecule has 6 heteroatoms. The molecule has 6 nitrogen and oxygen atoms in total. The summed E-state index contributed by atoms with van der Waals surface area (Å²) in [5, 5.41) is 7.34. The zero-order valence-corrected chi connectivity index (χ0v) is 15.3. The molecule has 0 saturated carbocycles. The predicted octanol–water partition coefficient (Wildman–Crippen LogP) is 2.54. The summed E-state index contributed by atoms with van der Waals surface area (Å²) in [5.41, 5.74) is 1.27. The molecule has 1 aliphatic rings. The van der Waals surface area contributed by atoms with Gasteiger partial charge in [-0.2, -0.15) is 5.10 Å². The lowest BCUT2D eigenvalue weighted by Crippen LogP contribution is -2.39. The number of rotatable bonds is 4. The molecule has 2 heterocycles. The number of nitrogens with one attached hydrogen (secondary N) is 1. The van der Waals surface area contributed by atoms with Crippen LogP contribution in [-0.2, 0) is 11.3 Å². The Bertz CT molecular complexity index is 697. The number of nitrogens with zero attached hydrogens (tertiary/aromatic N) is 4. The van der Waals surface area contributed by atoms with E-state index in [0.717, 1.165) is 37.7 Å². The van der Waals surface area contributed by atoms with Crippen LogP contribution >= 0.6 is 0 Å². The first-order valence-electron chi connectivity index (χ1n) is 9.00. The Balaban J connectivity index is 1.86. The van der Waals surface area contributed by atoms with Crippen molar-refractivity contribution in [2.24, 2.45) is 5.92 Å². The molecular weight excluding hydrogens is 314 g/mol. The summed E-state index contributed by atoms with van der Waals surface area (Å²) in [6.45, 7) is 9.02. The average Bonchev–Trinajstić information content (AvgIpc) is 2.92. The molecule has 3 rings (SSSR count). The minimum absolute atomic E-state index is 0.00945. The fraction of sp³-hybridized carbons (Fsp3) is 0.526. The van der Waals surface area contributed by atoms with E-state index >= 15 is 0 Å². The lowest BCUT2D eigenvalue weighted by molar-refractivity contribution is -0.134. The predicted molar refractivity (Wildman–Crippen MR) is 96.7 cm³/mol. The molecule has 25 heavy (non-hydrogen) atoms. The van der Waals surface area contributed by atoms with Gasteiger partial charge in [0.25, 0.3) is 0 Å². The van der Waals surface area contributed by atoms with Crippen molar-refractivity contribution in [2.45, 2.75) is 39.8 Å². The number of amides is 1. The minimum Gasteiger partial charge on any atom is -0.340 e. The van der Waals surface area contributed by atoms with Crippen LogP contribution in [0.2, 0.25) is 0 Å². The van der Waals surface area contributed by atoms with Crippen LogP contribution in [0.4, 0.5) is 0 Å². The fourth-order valence-electron chi connectivity index (χ4n) is 3.36. The Hall–Kier alpha value is -2.21. The van der Waals surface area contributed by atoms with Gasteiger partial charge in [-0.05, 0) is 18.9 Å². The smallest absolute Gasteiger partial charge is 0.225 e. The van der Waals surface area contributed by atoms with Gasteiger partial charge >= 0.3 is 0 Å². The molecule has 0 aliphatic carbocycles. The van der Waals surface area contributed by atoms with Crippen molar-refractivity contribution in [3.8, 4) is 0 Å². The second-order valence-electron chi connectivity index (χ2n) is 7.04. The highest BCUT2D eigenvalue weighted by molar-refractivity contribution is 5.78. The van der Waals surface area contributed by atoms with Crippen LogP contribution < -0.4 is 0 Å². The maximum Gasteiger partial charge on any atom is 0.225 e. The Morgan fingerprint density at radius 3 is 2.68 bits per heavy atom. The van der Waals surface area contributed by atoms with E-state index in [2.05, 4.69) is 44.3 Å². The van der Waals surface area contributed by atoms with Gasteiger partial charge in [0.2, 0.25) is 5.91 Å². The van der Waals surface area contributed by atoms with Crippen molar-refractivity contribution in [1.29, 1.82) is 0 Å². The number of carbonyl (C=O) groups excluding carboxylic acids is 1. The first kappa shape index (κ1) is 17.6. The van der Waals surface area contributed by atoms with Gasteiger partial charge < -0.3 is 4.90 Å². The molecule has 1 fully saturated rings. The molecule has 0 spiro atoms. The Morgan fingerprint density at radius 2 is 2.04 bits per heavy atom. The van der Waals surface area contributed by atoms with Crippen LogP contribution in [0.25, 0.3) is 0 Å². The largest absolute Gasteiger partial charge is 0.340 e. The summed E-state index contributed by atoms with van der Waals surface area (Å²) in [6, 6.07) is 10.5. The summed E-state index contributed by atoms with van der Waals surface area (Å²) in [7, 11) is 0. The highest BCUT2D eigenvalue weighted by Crippen LogP contribution is 2.25. The third-order valence-corrected chi connectivity index (χ3v) is 4.65. The first-order valence-corrected chi connectivity index (χ1v) is 9.00. The number of H-pyrrole nitrogens is 1. The lowest BCUT2D eigenvalue weighted by Gasteiger charge is -2.30. The van der Waals surface area contributed by atoms with E-state index < -0.39 is 0 Å². The molecule has 1 aromatic carbocycles. The van der Waals surface area contributed by atoms with Gasteiger partial charge in [0, 0.05) is 32.1 Å². The maximum atomic E-state index is 12.6. The number of hydrogen-bond acceptors (Lipinski definition) is 4. The third kappa shape index (κ3) is 4.25. The standard InChI is InChI=1S/C19H27N5O/c1-14(2)19(25)24-11-7-10-23(12-16-8-5-4-6-9-16)17(13-24)18-20-15(3)21-22-18/h4-6,8-9,14,17H,7,10-13H2,1-3H3,(H,20,21,22)/t17-/m0/s1. The van der Waals surface area contributed by atoms with Crippen molar-refractivity contribution in [3.63, 3.8) is 0 Å². The van der Waals surface area contributed by atoms with E-state index in [1.165, 1.54) is 5.56 Å². The lowest BCUT2D eigenvalue weighted by atomic mass is 10.1. The number of aromatic amines is 1. The molecule has 0 bridgehead atoms. The summed E-state index contributed by atoms with van der Waals surface area (Å²) in [4.78, 5) is 21.5. The van der Waals surface area contributed by atoms with Crippen molar-refractivity contribution in [2.75, 3.05) is 19.6 Å². The molecule has 1 amide bonds. The van der Waals surface area contributed by atoms with Crippen LogP contribution in [0.5, 0.6) is 0 Å². The van der Waals surface area contributed by atoms with Gasteiger partial charge in [-0.25, -0.2) is 4.98 Å². The van der Waals surface area contributed by atoms with Gasteiger partial charge in [-0.15, -0.1) is 0 Å². The summed E-state index contributed by atoms with van der Waals surface area (Å²) in [6.07, 6.45) is 0.963. The topological polar surface area (TPSA) is 65.1 Å². The van der Waals surface area contributed by atoms with Crippen molar-refractivity contribution >= 4 is 5.91 Å². The highest BCUT2D eigenvalue weighted by Gasteiger charge is 2.31. The van der Waals surface area contributed by atoms with Gasteiger partial charge in [0.05, 0.1) is 6.04 Å². The van der Waals surface area contributed by atoms with Crippen molar-refractivity contribution in [3.05, 3.63) is 47.5 Å². The fourth-order valence-corrected chi connectivity index (χ4v) is 3.36. The second kappa shape index (κ2) is 7.78. The van der Waals surface area contributed by atoms with E-state index in [9.17, 15) is 4.79 Å². The third-order valence-electron chi connectivity index (χ3n) is 4.65. The van der Waals surface area contributed by atoms with E-state index in [4.69, 9.17) is 0 Å². The molecule has 1 aromatic heterocycles. The van der Waals surface area contributed by atoms with E-state index in [1.54, 1.807) is 0 Å². The molecule has 0 radical (unpaired) electrons. The minimum atomic E-state index is 0.00945. The average molecular weight is 341 g/mol. The quantitative estimate of drug-likeness (QED) is 0.928. The summed E-state index contributed by atoms with van der Waals surface area (Å²) in [5.74, 6) is 1.80. The van der Waals surface area contributed by atoms with E-state index in [1.807, 2.05) is 31.7 Å². The molecule has 134 valence electrons. The zero-order chi connectivity index (χ0) is 17.8. The SMILES string of the molecule is Cc1nc([C@@H]2CN(C(=O)C(C)C)CCCN2Cc2ccccc2)n[nH]1. The summed E-state index contributed by atoms with van der Waals surface area (Å²) >= 11 is 0. The Labute approximate surface area is 149 Å². The Kier molecular flexibility index (Phi) is 5.48. The molecule has 2 aromatic rings. The van der Waals surface area contributed by atoms with Crippen molar-refractivity contribution < 1.29 is 4.79 Å². The number of aromatic nitrogens is 3. The van der Waals surface area contributed by atoms with E-state index in [-0.39, 0.29) is 17.9 Å². The normalized spacial score (nSPS) is 19.2. The van der Waals surface area contributed by atoms with Crippen LogP contribution in [0.3, 0.4) is 0 Å². The maximum absolute atomic E-state index is 12.6. The van der Waals surface area contributed by atoms with Gasteiger partial charge in [0.1, 0.15) is 5.82 Å². The molecule has 1 aliphatic heterocycles. The number of carbonyl (C=O) groups is 1. The first-order chi connectivity index (χ1) is 12.0. The molecule has 0 unspecified atom stereocenters. The van der Waals surface area contributed by atoms with E-state index in [0.29, 0.717) is 6.54 Å². The van der Waals surface area contributed by atoms with Gasteiger partial charge in [-0.1, -0.05) is 44.2 Å². The summed E-state index contributed by atoms with van der Waals surface area (Å²) < 4.78 is 0. The second-order valence-corrected chi connectivity index (χ2v) is 7.04. The zero-order valence-electron chi connectivity index (χ0n) is 15.3. The Morgan fingerprint density at radius 1 is 1.28 bits per heavy atom. The molecule has 1 N–H and O–H groups in total. The van der Waals surface area contributed by atoms with Crippen LogP contribution in [0.1, 0.15) is 43.5 Å². The highest BCUT2D eigenvalue weighted by atomic mass is 16.2. The number of aryl methyl sites for hydroxylation is 1. The van der Waals surface area contributed by atoms with Crippen LogP contribution in [-0.4, -0.2) is 50.5 Å². The van der Waals surface area contributed by atoms with Gasteiger partial charge in [0.15, 0.2) is 5.82 Å². The molecular formula is C19H27N5O. The van der Waals surface area contributed by atoms with Gasteiger partial charge in [-0.3, -0.25) is 14.8 Å². The van der Waals surface area contributed by atoms with Crippen LogP contribution in [0.15, 0.2) is 30.3 Å². The van der Waals surface area contributed by atoms with Crippen molar-refractivity contribution in [1.82, 2.24) is 25.0 Å².